The van der Waals surface area contributed by atoms with E-state index >= 15 is 0 Å². The fourth-order valence-corrected chi connectivity index (χ4v) is 2.64. The number of hydrogen-bond donors (Lipinski definition) is 2. The molecule has 1 aliphatic heterocycles. The largest absolute Gasteiger partial charge is 0.506 e. The number of aliphatic hydroxyl groups excluding tert-OH is 2. The third kappa shape index (κ3) is 2.50. The molecule has 3 rings (SSSR count). The van der Waals surface area contributed by atoms with Crippen molar-refractivity contribution >= 4 is 5.84 Å². The standard InChI is InChI=1S/C16H20N2O2/c1-11-5-7-12(8-6-11)9-15-17-16(20)14(19)10-18(15)13-3-2-4-13/h5-8,13,19-20H,2-4,9-10H2,1H3. The van der Waals surface area contributed by atoms with Gasteiger partial charge in [0, 0.05) is 12.5 Å². The molecule has 1 aromatic rings. The van der Waals surface area contributed by atoms with Gasteiger partial charge < -0.3 is 15.1 Å². The first kappa shape index (κ1) is 13.0. The Hall–Kier alpha value is -1.97. The number of aliphatic hydroxyl groups is 2. The molecule has 1 aliphatic carbocycles. The van der Waals surface area contributed by atoms with Crippen LogP contribution >= 0.6 is 0 Å². The molecule has 1 fully saturated rings. The first-order valence-electron chi connectivity index (χ1n) is 7.14. The highest BCUT2D eigenvalue weighted by Gasteiger charge is 2.31. The highest BCUT2D eigenvalue weighted by atomic mass is 16.3. The second kappa shape index (κ2) is 5.19. The molecule has 1 heterocycles. The summed E-state index contributed by atoms with van der Waals surface area (Å²) >= 11 is 0. The molecule has 0 aromatic heterocycles. The summed E-state index contributed by atoms with van der Waals surface area (Å²) in [4.78, 5) is 6.33. The fraction of sp³-hybridized carbons (Fsp3) is 0.438. The second-order valence-corrected chi connectivity index (χ2v) is 5.67. The highest BCUT2D eigenvalue weighted by molar-refractivity contribution is 5.86. The van der Waals surface area contributed by atoms with Crippen LogP contribution in [-0.2, 0) is 6.42 Å². The third-order valence-electron chi connectivity index (χ3n) is 4.14. The van der Waals surface area contributed by atoms with Crippen molar-refractivity contribution in [2.75, 3.05) is 6.54 Å². The van der Waals surface area contributed by atoms with Gasteiger partial charge in [-0.3, -0.25) is 0 Å². The Kier molecular flexibility index (Phi) is 3.38. The average molecular weight is 272 g/mol. The van der Waals surface area contributed by atoms with Gasteiger partial charge in [-0.15, -0.1) is 0 Å². The first-order chi connectivity index (χ1) is 9.63. The van der Waals surface area contributed by atoms with Crippen LogP contribution in [0.3, 0.4) is 0 Å². The molecule has 0 bridgehead atoms. The Labute approximate surface area is 119 Å². The van der Waals surface area contributed by atoms with Crippen molar-refractivity contribution in [1.29, 1.82) is 0 Å². The quantitative estimate of drug-likeness (QED) is 0.889. The van der Waals surface area contributed by atoms with Gasteiger partial charge in [-0.25, -0.2) is 0 Å². The Balaban J connectivity index is 1.83. The van der Waals surface area contributed by atoms with Gasteiger partial charge in [0.25, 0.3) is 5.88 Å². The van der Waals surface area contributed by atoms with Gasteiger partial charge in [-0.05, 0) is 31.7 Å². The Morgan fingerprint density at radius 3 is 2.50 bits per heavy atom. The van der Waals surface area contributed by atoms with Crippen LogP contribution in [-0.4, -0.2) is 33.5 Å². The zero-order chi connectivity index (χ0) is 14.1. The van der Waals surface area contributed by atoms with E-state index in [1.165, 1.54) is 17.5 Å². The summed E-state index contributed by atoms with van der Waals surface area (Å²) in [6.45, 7) is 2.44. The van der Waals surface area contributed by atoms with E-state index in [-0.39, 0.29) is 11.6 Å². The van der Waals surface area contributed by atoms with E-state index in [2.05, 4.69) is 41.1 Å². The topological polar surface area (TPSA) is 56.1 Å². The second-order valence-electron chi connectivity index (χ2n) is 5.67. The lowest BCUT2D eigenvalue weighted by Gasteiger charge is -2.40. The van der Waals surface area contributed by atoms with E-state index in [0.717, 1.165) is 18.7 Å². The van der Waals surface area contributed by atoms with Crippen LogP contribution < -0.4 is 0 Å². The van der Waals surface area contributed by atoms with Crippen molar-refractivity contribution in [2.45, 2.75) is 38.6 Å². The summed E-state index contributed by atoms with van der Waals surface area (Å²) in [7, 11) is 0. The highest BCUT2D eigenvalue weighted by Crippen LogP contribution is 2.28. The fourth-order valence-electron chi connectivity index (χ4n) is 2.64. The van der Waals surface area contributed by atoms with Crippen LogP contribution in [0.2, 0.25) is 0 Å². The number of benzene rings is 1. The normalized spacial score (nSPS) is 19.9. The van der Waals surface area contributed by atoms with Gasteiger partial charge >= 0.3 is 0 Å². The lowest BCUT2D eigenvalue weighted by atomic mass is 9.90. The molecule has 0 radical (unpaired) electrons. The van der Waals surface area contributed by atoms with Crippen LogP contribution in [0, 0.1) is 6.92 Å². The predicted octanol–water partition coefficient (Wildman–Crippen LogP) is 3.09. The van der Waals surface area contributed by atoms with E-state index in [4.69, 9.17) is 0 Å². The smallest absolute Gasteiger partial charge is 0.253 e. The van der Waals surface area contributed by atoms with Crippen molar-refractivity contribution in [3.05, 3.63) is 47.0 Å². The number of aryl methyl sites for hydroxylation is 1. The van der Waals surface area contributed by atoms with Gasteiger partial charge in [0.15, 0.2) is 5.76 Å². The summed E-state index contributed by atoms with van der Waals surface area (Å²) in [5, 5.41) is 19.4. The molecule has 2 N–H and O–H groups in total. The van der Waals surface area contributed by atoms with E-state index in [0.29, 0.717) is 19.0 Å². The van der Waals surface area contributed by atoms with Crippen molar-refractivity contribution in [3.63, 3.8) is 0 Å². The first-order valence-corrected chi connectivity index (χ1v) is 7.14. The predicted molar refractivity (Wildman–Crippen MR) is 78.9 cm³/mol. The van der Waals surface area contributed by atoms with Crippen LogP contribution in [0.25, 0.3) is 0 Å². The van der Waals surface area contributed by atoms with E-state index in [1.807, 2.05) is 0 Å². The molecule has 20 heavy (non-hydrogen) atoms. The van der Waals surface area contributed by atoms with Gasteiger partial charge in [0.1, 0.15) is 5.84 Å². The van der Waals surface area contributed by atoms with Crippen molar-refractivity contribution in [3.8, 4) is 0 Å². The summed E-state index contributed by atoms with van der Waals surface area (Å²) in [5.74, 6) is 0.598. The Bertz CT molecular complexity index is 556. The Morgan fingerprint density at radius 1 is 1.20 bits per heavy atom. The molecule has 0 unspecified atom stereocenters. The van der Waals surface area contributed by atoms with Crippen LogP contribution in [0.4, 0.5) is 0 Å². The van der Waals surface area contributed by atoms with Crippen molar-refractivity contribution < 1.29 is 10.2 Å². The summed E-state index contributed by atoms with van der Waals surface area (Å²) < 4.78 is 0. The molecule has 1 saturated carbocycles. The van der Waals surface area contributed by atoms with Crippen molar-refractivity contribution in [2.24, 2.45) is 4.99 Å². The minimum atomic E-state index is -0.234. The molecule has 1 aromatic carbocycles. The summed E-state index contributed by atoms with van der Waals surface area (Å²) in [6, 6.07) is 8.80. The number of hydrogen-bond acceptors (Lipinski definition) is 4. The monoisotopic (exact) mass is 272 g/mol. The van der Waals surface area contributed by atoms with E-state index in [1.54, 1.807) is 0 Å². The molecule has 0 amide bonds. The molecular weight excluding hydrogens is 252 g/mol. The van der Waals surface area contributed by atoms with Gasteiger partial charge in [0.05, 0.1) is 6.54 Å². The maximum Gasteiger partial charge on any atom is 0.253 e. The van der Waals surface area contributed by atoms with E-state index in [9.17, 15) is 10.2 Å². The van der Waals surface area contributed by atoms with Crippen LogP contribution in [0.5, 0.6) is 0 Å². The molecule has 2 aliphatic rings. The SMILES string of the molecule is Cc1ccc(CC2=NC(O)=C(O)CN2C2CCC2)cc1. The van der Waals surface area contributed by atoms with Crippen molar-refractivity contribution in [1.82, 2.24) is 4.90 Å². The lowest BCUT2D eigenvalue weighted by Crippen LogP contribution is -2.47. The lowest BCUT2D eigenvalue weighted by molar-refractivity contribution is 0.179. The molecule has 4 heteroatoms. The van der Waals surface area contributed by atoms with Gasteiger partial charge in [-0.1, -0.05) is 29.8 Å². The molecule has 106 valence electrons. The summed E-state index contributed by atoms with van der Waals surface area (Å²) in [6.07, 6.45) is 4.20. The molecule has 4 nitrogen and oxygen atoms in total. The molecular formula is C16H20N2O2. The van der Waals surface area contributed by atoms with E-state index < -0.39 is 0 Å². The number of rotatable bonds is 3. The average Bonchev–Trinajstić information content (AvgIpc) is 2.36. The van der Waals surface area contributed by atoms with Gasteiger partial charge in [0.2, 0.25) is 0 Å². The molecule has 0 saturated heterocycles. The number of amidine groups is 1. The third-order valence-corrected chi connectivity index (χ3v) is 4.14. The molecule has 0 spiro atoms. The van der Waals surface area contributed by atoms with Gasteiger partial charge in [-0.2, -0.15) is 4.99 Å². The molecule has 0 atom stereocenters. The minimum absolute atomic E-state index is 0.0236. The summed E-state index contributed by atoms with van der Waals surface area (Å²) in [5.41, 5.74) is 2.41. The van der Waals surface area contributed by atoms with Crippen LogP contribution in [0.15, 0.2) is 40.9 Å². The zero-order valence-electron chi connectivity index (χ0n) is 11.7. The number of nitrogens with zero attached hydrogens (tertiary/aromatic N) is 2. The van der Waals surface area contributed by atoms with Crippen LogP contribution in [0.1, 0.15) is 30.4 Å². The Morgan fingerprint density at radius 2 is 1.90 bits per heavy atom. The number of aliphatic imine (C=N–C) groups is 1. The maximum absolute atomic E-state index is 9.72. The maximum atomic E-state index is 9.72. The zero-order valence-corrected chi connectivity index (χ0v) is 11.7. The minimum Gasteiger partial charge on any atom is -0.506 e.